The van der Waals surface area contributed by atoms with E-state index in [1.165, 1.54) is 6.04 Å². The van der Waals surface area contributed by atoms with Gasteiger partial charge in [-0.25, -0.2) is 4.68 Å². The number of hydrogen-bond donors (Lipinski definition) is 0. The van der Waals surface area contributed by atoms with Crippen LogP contribution in [0.25, 0.3) is 11.3 Å². The third kappa shape index (κ3) is 4.54. The van der Waals surface area contributed by atoms with E-state index < -0.39 is 8.07 Å². The van der Waals surface area contributed by atoms with Crippen LogP contribution in [0.5, 0.6) is 0 Å². The quantitative estimate of drug-likeness (QED) is 0.581. The minimum atomic E-state index is -1.04. The SMILES string of the molecule is C[Si](C)(C)CCOCn1nc(Br)cc1-c1ccncc1. The number of nitrogens with zero attached hydrogens (tertiary/aromatic N) is 3. The summed E-state index contributed by atoms with van der Waals surface area (Å²) in [4.78, 5) is 4.04. The summed E-state index contributed by atoms with van der Waals surface area (Å²) in [7, 11) is -1.04. The predicted molar refractivity (Wildman–Crippen MR) is 87.3 cm³/mol. The summed E-state index contributed by atoms with van der Waals surface area (Å²) in [5, 5.41) is 4.42. The van der Waals surface area contributed by atoms with Gasteiger partial charge in [0.25, 0.3) is 0 Å². The second kappa shape index (κ2) is 6.65. The molecule has 2 aromatic rings. The van der Waals surface area contributed by atoms with Crippen LogP contribution in [0.15, 0.2) is 35.2 Å². The first-order valence-electron chi connectivity index (χ1n) is 6.67. The Bertz CT molecular complexity index is 551. The second-order valence-electron chi connectivity index (χ2n) is 5.94. The molecular formula is C14H20BrN3OSi. The summed E-state index contributed by atoms with van der Waals surface area (Å²) >= 11 is 3.42. The fourth-order valence-electron chi connectivity index (χ4n) is 1.77. The first-order chi connectivity index (χ1) is 9.46. The van der Waals surface area contributed by atoms with E-state index in [-0.39, 0.29) is 0 Å². The Hall–Kier alpha value is -0.983. The topological polar surface area (TPSA) is 39.9 Å². The molecule has 0 aliphatic heterocycles. The molecule has 2 aromatic heterocycles. The normalized spacial score (nSPS) is 11.8. The molecule has 2 heterocycles. The lowest BCUT2D eigenvalue weighted by molar-refractivity contribution is 0.0796. The molecule has 0 aliphatic rings. The van der Waals surface area contributed by atoms with Crippen LogP contribution < -0.4 is 0 Å². The highest BCUT2D eigenvalue weighted by molar-refractivity contribution is 9.10. The summed E-state index contributed by atoms with van der Waals surface area (Å²) in [5.74, 6) is 0. The molecule has 0 saturated carbocycles. The van der Waals surface area contributed by atoms with Crippen molar-refractivity contribution in [1.82, 2.24) is 14.8 Å². The smallest absolute Gasteiger partial charge is 0.140 e. The Morgan fingerprint density at radius 1 is 1.25 bits per heavy atom. The van der Waals surface area contributed by atoms with Gasteiger partial charge >= 0.3 is 0 Å². The van der Waals surface area contributed by atoms with E-state index in [2.05, 4.69) is 45.7 Å². The van der Waals surface area contributed by atoms with Crippen molar-refractivity contribution in [3.05, 3.63) is 35.2 Å². The van der Waals surface area contributed by atoms with Gasteiger partial charge in [0.15, 0.2) is 0 Å². The Morgan fingerprint density at radius 2 is 1.95 bits per heavy atom. The maximum atomic E-state index is 5.77. The van der Waals surface area contributed by atoms with Crippen molar-refractivity contribution in [1.29, 1.82) is 0 Å². The van der Waals surface area contributed by atoms with Gasteiger partial charge in [-0.3, -0.25) is 4.98 Å². The van der Waals surface area contributed by atoms with Crippen LogP contribution in [0.4, 0.5) is 0 Å². The van der Waals surface area contributed by atoms with Gasteiger partial charge in [0.05, 0.1) is 5.69 Å². The first-order valence-corrected chi connectivity index (χ1v) is 11.2. The van der Waals surface area contributed by atoms with Crippen LogP contribution in [-0.4, -0.2) is 29.4 Å². The molecular weight excluding hydrogens is 334 g/mol. The molecule has 0 atom stereocenters. The van der Waals surface area contributed by atoms with E-state index >= 15 is 0 Å². The summed E-state index contributed by atoms with van der Waals surface area (Å²) in [6.45, 7) is 8.33. The number of ether oxygens (including phenoxy) is 1. The molecule has 108 valence electrons. The fraction of sp³-hybridized carbons (Fsp3) is 0.429. The molecule has 0 aromatic carbocycles. The number of aromatic nitrogens is 3. The van der Waals surface area contributed by atoms with Gasteiger partial charge < -0.3 is 4.74 Å². The standard InChI is InChI=1S/C14H20BrN3OSi/c1-20(2,3)9-8-19-11-18-13(10-14(15)17-18)12-4-6-16-7-5-12/h4-7,10H,8-9,11H2,1-3H3. The summed E-state index contributed by atoms with van der Waals surface area (Å²) in [6, 6.07) is 7.11. The molecule has 2 rings (SSSR count). The van der Waals surface area contributed by atoms with Gasteiger partial charge in [-0.2, -0.15) is 5.10 Å². The average Bonchev–Trinajstić information content (AvgIpc) is 2.76. The van der Waals surface area contributed by atoms with Crippen LogP contribution in [-0.2, 0) is 11.5 Å². The molecule has 20 heavy (non-hydrogen) atoms. The van der Waals surface area contributed by atoms with Gasteiger partial charge in [0, 0.05) is 32.6 Å². The molecule has 0 aliphatic carbocycles. The summed E-state index contributed by atoms with van der Waals surface area (Å²) in [5.41, 5.74) is 2.12. The Kier molecular flexibility index (Phi) is 5.12. The van der Waals surface area contributed by atoms with Crippen molar-refractivity contribution in [2.24, 2.45) is 0 Å². The van der Waals surface area contributed by atoms with E-state index in [9.17, 15) is 0 Å². The molecule has 6 heteroatoms. The van der Waals surface area contributed by atoms with Crippen molar-refractivity contribution in [2.75, 3.05) is 6.61 Å². The number of hydrogen-bond acceptors (Lipinski definition) is 3. The van der Waals surface area contributed by atoms with Gasteiger partial charge in [0.1, 0.15) is 11.3 Å². The zero-order valence-electron chi connectivity index (χ0n) is 12.1. The van der Waals surface area contributed by atoms with Crippen molar-refractivity contribution >= 4 is 24.0 Å². The Labute approximate surface area is 129 Å². The Balaban J connectivity index is 2.02. The first kappa shape index (κ1) is 15.4. The Morgan fingerprint density at radius 3 is 2.60 bits per heavy atom. The zero-order chi connectivity index (χ0) is 14.6. The molecule has 0 bridgehead atoms. The fourth-order valence-corrected chi connectivity index (χ4v) is 2.93. The van der Waals surface area contributed by atoms with Gasteiger partial charge in [-0.05, 0) is 40.2 Å². The van der Waals surface area contributed by atoms with Gasteiger partial charge in [0.2, 0.25) is 0 Å². The third-order valence-electron chi connectivity index (χ3n) is 2.94. The highest BCUT2D eigenvalue weighted by atomic mass is 79.9. The maximum Gasteiger partial charge on any atom is 0.140 e. The largest absolute Gasteiger partial charge is 0.360 e. The lowest BCUT2D eigenvalue weighted by Crippen LogP contribution is -2.22. The van der Waals surface area contributed by atoms with Gasteiger partial charge in [-0.15, -0.1) is 0 Å². The minimum Gasteiger partial charge on any atom is -0.360 e. The molecule has 4 nitrogen and oxygen atoms in total. The molecule has 0 amide bonds. The predicted octanol–water partition coefficient (Wildman–Crippen LogP) is 4.02. The lowest BCUT2D eigenvalue weighted by atomic mass is 10.2. The van der Waals surface area contributed by atoms with E-state index in [0.717, 1.165) is 22.5 Å². The highest BCUT2D eigenvalue weighted by Crippen LogP contribution is 2.22. The summed E-state index contributed by atoms with van der Waals surface area (Å²) < 4.78 is 8.47. The number of halogens is 1. The summed E-state index contributed by atoms with van der Waals surface area (Å²) in [6.07, 6.45) is 3.57. The third-order valence-corrected chi connectivity index (χ3v) is 5.03. The number of pyridine rings is 1. The maximum absolute atomic E-state index is 5.77. The molecule has 0 fully saturated rings. The van der Waals surface area contributed by atoms with Crippen molar-refractivity contribution in [3.63, 3.8) is 0 Å². The molecule has 0 unspecified atom stereocenters. The van der Waals surface area contributed by atoms with Crippen molar-refractivity contribution in [2.45, 2.75) is 32.4 Å². The second-order valence-corrected chi connectivity index (χ2v) is 12.4. The molecule has 0 radical (unpaired) electrons. The van der Waals surface area contributed by atoms with Crippen molar-refractivity contribution in [3.8, 4) is 11.3 Å². The molecule has 0 saturated heterocycles. The highest BCUT2D eigenvalue weighted by Gasteiger charge is 2.13. The van der Waals surface area contributed by atoms with E-state index in [4.69, 9.17) is 4.74 Å². The van der Waals surface area contributed by atoms with E-state index in [0.29, 0.717) is 6.73 Å². The van der Waals surface area contributed by atoms with Gasteiger partial charge in [-0.1, -0.05) is 19.6 Å². The monoisotopic (exact) mass is 353 g/mol. The van der Waals surface area contributed by atoms with Crippen LogP contribution in [0.3, 0.4) is 0 Å². The minimum absolute atomic E-state index is 0.480. The lowest BCUT2D eigenvalue weighted by Gasteiger charge is -2.15. The van der Waals surface area contributed by atoms with Crippen LogP contribution in [0, 0.1) is 0 Å². The van der Waals surface area contributed by atoms with Crippen LogP contribution in [0.1, 0.15) is 0 Å². The molecule has 0 spiro atoms. The van der Waals surface area contributed by atoms with E-state index in [1.807, 2.05) is 22.9 Å². The number of rotatable bonds is 6. The van der Waals surface area contributed by atoms with E-state index in [1.54, 1.807) is 12.4 Å². The van der Waals surface area contributed by atoms with Crippen LogP contribution >= 0.6 is 15.9 Å². The van der Waals surface area contributed by atoms with Crippen LogP contribution in [0.2, 0.25) is 25.7 Å². The molecule has 0 N–H and O–H groups in total. The zero-order valence-corrected chi connectivity index (χ0v) is 14.7. The van der Waals surface area contributed by atoms with Crippen molar-refractivity contribution < 1.29 is 4.74 Å². The average molecular weight is 354 g/mol.